The van der Waals surface area contributed by atoms with Crippen LogP contribution < -0.4 is 14.8 Å². The first-order valence-electron chi connectivity index (χ1n) is 8.90. The number of nitrogens with one attached hydrogen (secondary N) is 1. The van der Waals surface area contributed by atoms with E-state index in [0.717, 1.165) is 11.4 Å². The molecule has 0 saturated heterocycles. The standard InChI is InChI=1S/C21H22N4O3S/c1-4-12-25-20(15-8-6-5-7-9-15)23-24-21(25)29-14-19(26)22-17-11-10-16(27-2)13-18(17)28-3/h4-11,13H,1,12,14H2,2-3H3,(H,22,26). The summed E-state index contributed by atoms with van der Waals surface area (Å²) in [4.78, 5) is 12.5. The molecule has 0 unspecified atom stereocenters. The molecular formula is C21H22N4O3S. The molecule has 150 valence electrons. The van der Waals surface area contributed by atoms with Crippen molar-refractivity contribution in [3.05, 3.63) is 61.2 Å². The van der Waals surface area contributed by atoms with E-state index in [1.807, 2.05) is 34.9 Å². The normalized spacial score (nSPS) is 10.4. The minimum Gasteiger partial charge on any atom is -0.497 e. The van der Waals surface area contributed by atoms with E-state index < -0.39 is 0 Å². The minimum atomic E-state index is -0.173. The summed E-state index contributed by atoms with van der Waals surface area (Å²) in [5.41, 5.74) is 1.54. The number of anilines is 1. The van der Waals surface area contributed by atoms with E-state index in [0.29, 0.717) is 28.9 Å². The zero-order valence-electron chi connectivity index (χ0n) is 16.3. The summed E-state index contributed by atoms with van der Waals surface area (Å²) < 4.78 is 12.4. The lowest BCUT2D eigenvalue weighted by atomic mass is 10.2. The highest BCUT2D eigenvalue weighted by molar-refractivity contribution is 7.99. The molecule has 1 heterocycles. The van der Waals surface area contributed by atoms with Gasteiger partial charge in [-0.1, -0.05) is 48.2 Å². The fraction of sp³-hybridized carbons (Fsp3) is 0.190. The van der Waals surface area contributed by atoms with E-state index >= 15 is 0 Å². The van der Waals surface area contributed by atoms with Gasteiger partial charge in [-0.2, -0.15) is 0 Å². The van der Waals surface area contributed by atoms with Crippen molar-refractivity contribution in [2.75, 3.05) is 25.3 Å². The highest BCUT2D eigenvalue weighted by Gasteiger charge is 2.15. The number of carbonyl (C=O) groups excluding carboxylic acids is 1. The molecule has 7 nitrogen and oxygen atoms in total. The molecule has 3 aromatic rings. The fourth-order valence-corrected chi connectivity index (χ4v) is 3.46. The van der Waals surface area contributed by atoms with Gasteiger partial charge < -0.3 is 14.8 Å². The Bertz CT molecular complexity index is 989. The van der Waals surface area contributed by atoms with Gasteiger partial charge in [0.05, 0.1) is 25.7 Å². The molecule has 1 amide bonds. The van der Waals surface area contributed by atoms with Gasteiger partial charge in [0.25, 0.3) is 0 Å². The number of benzene rings is 2. The van der Waals surface area contributed by atoms with Crippen LogP contribution in [0.15, 0.2) is 66.3 Å². The lowest BCUT2D eigenvalue weighted by Gasteiger charge is -2.11. The molecule has 0 atom stereocenters. The summed E-state index contributed by atoms with van der Waals surface area (Å²) in [6.07, 6.45) is 1.78. The number of allylic oxidation sites excluding steroid dienone is 1. The van der Waals surface area contributed by atoms with Crippen molar-refractivity contribution < 1.29 is 14.3 Å². The number of ether oxygens (including phenoxy) is 2. The number of rotatable bonds is 9. The van der Waals surface area contributed by atoms with Crippen molar-refractivity contribution in [3.8, 4) is 22.9 Å². The number of aromatic nitrogens is 3. The molecule has 1 aromatic heterocycles. The van der Waals surface area contributed by atoms with Crippen LogP contribution >= 0.6 is 11.8 Å². The van der Waals surface area contributed by atoms with Crippen LogP contribution in [-0.4, -0.2) is 40.6 Å². The molecule has 0 spiro atoms. The Morgan fingerprint density at radius 3 is 2.66 bits per heavy atom. The first kappa shape index (κ1) is 20.5. The second kappa shape index (κ2) is 9.79. The maximum Gasteiger partial charge on any atom is 0.234 e. The van der Waals surface area contributed by atoms with Gasteiger partial charge in [-0.3, -0.25) is 9.36 Å². The Labute approximate surface area is 173 Å². The molecule has 2 aromatic carbocycles. The Morgan fingerprint density at radius 1 is 1.17 bits per heavy atom. The molecule has 0 aliphatic carbocycles. The molecule has 0 aliphatic heterocycles. The molecule has 0 bridgehead atoms. The van der Waals surface area contributed by atoms with Crippen LogP contribution in [0.2, 0.25) is 0 Å². The van der Waals surface area contributed by atoms with Crippen LogP contribution in [-0.2, 0) is 11.3 Å². The van der Waals surface area contributed by atoms with Gasteiger partial charge in [-0.05, 0) is 12.1 Å². The molecule has 0 radical (unpaired) electrons. The number of thioether (sulfide) groups is 1. The average Bonchev–Trinajstić information content (AvgIpc) is 3.16. The van der Waals surface area contributed by atoms with E-state index in [-0.39, 0.29) is 11.7 Å². The van der Waals surface area contributed by atoms with Gasteiger partial charge in [0.15, 0.2) is 11.0 Å². The van der Waals surface area contributed by atoms with Crippen molar-refractivity contribution in [2.45, 2.75) is 11.7 Å². The first-order chi connectivity index (χ1) is 14.2. The van der Waals surface area contributed by atoms with Crippen molar-refractivity contribution in [3.63, 3.8) is 0 Å². The topological polar surface area (TPSA) is 78.3 Å². The zero-order chi connectivity index (χ0) is 20.6. The summed E-state index contributed by atoms with van der Waals surface area (Å²) >= 11 is 1.31. The van der Waals surface area contributed by atoms with Crippen LogP contribution in [0.1, 0.15) is 0 Å². The van der Waals surface area contributed by atoms with Gasteiger partial charge >= 0.3 is 0 Å². The first-order valence-corrected chi connectivity index (χ1v) is 9.89. The van der Waals surface area contributed by atoms with Crippen LogP contribution in [0, 0.1) is 0 Å². The summed E-state index contributed by atoms with van der Waals surface area (Å²) in [6.45, 7) is 4.36. The summed E-state index contributed by atoms with van der Waals surface area (Å²) in [7, 11) is 3.12. The minimum absolute atomic E-state index is 0.173. The highest BCUT2D eigenvalue weighted by Crippen LogP contribution is 2.29. The van der Waals surface area contributed by atoms with Crippen LogP contribution in [0.3, 0.4) is 0 Å². The zero-order valence-corrected chi connectivity index (χ0v) is 17.1. The average molecular weight is 410 g/mol. The van der Waals surface area contributed by atoms with Gasteiger partial charge in [-0.25, -0.2) is 0 Å². The summed E-state index contributed by atoms with van der Waals surface area (Å²) in [6, 6.07) is 15.0. The SMILES string of the molecule is C=CCn1c(SCC(=O)Nc2ccc(OC)cc2OC)nnc1-c1ccccc1. The molecule has 3 rings (SSSR count). The Morgan fingerprint density at radius 2 is 1.97 bits per heavy atom. The molecule has 0 fully saturated rings. The van der Waals surface area contributed by atoms with E-state index in [1.54, 1.807) is 38.5 Å². The van der Waals surface area contributed by atoms with Crippen LogP contribution in [0.25, 0.3) is 11.4 Å². The van der Waals surface area contributed by atoms with Crippen molar-refractivity contribution in [1.29, 1.82) is 0 Å². The van der Waals surface area contributed by atoms with Gasteiger partial charge in [0.2, 0.25) is 5.91 Å². The van der Waals surface area contributed by atoms with E-state index in [2.05, 4.69) is 22.1 Å². The third-order valence-electron chi connectivity index (χ3n) is 4.08. The molecule has 8 heteroatoms. The lowest BCUT2D eigenvalue weighted by Crippen LogP contribution is -2.15. The Balaban J connectivity index is 1.71. The Kier molecular flexibility index (Phi) is 6.91. The third-order valence-corrected chi connectivity index (χ3v) is 5.04. The van der Waals surface area contributed by atoms with E-state index in [1.165, 1.54) is 11.8 Å². The van der Waals surface area contributed by atoms with Crippen LogP contribution in [0.5, 0.6) is 11.5 Å². The lowest BCUT2D eigenvalue weighted by molar-refractivity contribution is -0.113. The second-order valence-electron chi connectivity index (χ2n) is 5.97. The number of amides is 1. The monoisotopic (exact) mass is 410 g/mol. The second-order valence-corrected chi connectivity index (χ2v) is 6.92. The van der Waals surface area contributed by atoms with Crippen molar-refractivity contribution >= 4 is 23.4 Å². The van der Waals surface area contributed by atoms with Gasteiger partial charge in [-0.15, -0.1) is 16.8 Å². The van der Waals surface area contributed by atoms with Crippen LogP contribution in [0.4, 0.5) is 5.69 Å². The smallest absolute Gasteiger partial charge is 0.234 e. The van der Waals surface area contributed by atoms with E-state index in [4.69, 9.17) is 9.47 Å². The number of carbonyl (C=O) groups is 1. The predicted octanol–water partition coefficient (Wildman–Crippen LogP) is 3.88. The quantitative estimate of drug-likeness (QED) is 0.426. The summed E-state index contributed by atoms with van der Waals surface area (Å²) in [5.74, 6) is 1.93. The number of hydrogen-bond donors (Lipinski definition) is 1. The molecular weight excluding hydrogens is 388 g/mol. The Hall–Kier alpha value is -3.26. The highest BCUT2D eigenvalue weighted by atomic mass is 32.2. The predicted molar refractivity (Wildman–Crippen MR) is 115 cm³/mol. The van der Waals surface area contributed by atoms with Gasteiger partial charge in [0.1, 0.15) is 11.5 Å². The maximum absolute atomic E-state index is 12.5. The fourth-order valence-electron chi connectivity index (χ4n) is 2.71. The van der Waals surface area contributed by atoms with Crippen molar-refractivity contribution in [2.24, 2.45) is 0 Å². The molecule has 1 N–H and O–H groups in total. The number of hydrogen-bond acceptors (Lipinski definition) is 6. The van der Waals surface area contributed by atoms with Gasteiger partial charge in [0, 0.05) is 18.2 Å². The molecule has 0 aliphatic rings. The molecule has 29 heavy (non-hydrogen) atoms. The van der Waals surface area contributed by atoms with E-state index in [9.17, 15) is 4.79 Å². The summed E-state index contributed by atoms with van der Waals surface area (Å²) in [5, 5.41) is 12.1. The van der Waals surface area contributed by atoms with Crippen molar-refractivity contribution in [1.82, 2.24) is 14.8 Å². The number of nitrogens with zero attached hydrogens (tertiary/aromatic N) is 3. The largest absolute Gasteiger partial charge is 0.497 e. The third kappa shape index (κ3) is 4.97. The maximum atomic E-state index is 12.5. The number of methoxy groups -OCH3 is 2. The molecule has 0 saturated carbocycles.